The molecule has 1 aromatic carbocycles. The molecule has 2 heterocycles. The fraction of sp³-hybridized carbons (Fsp3) is 0.667. The van der Waals surface area contributed by atoms with Gasteiger partial charge in [-0.2, -0.15) is 0 Å². The highest BCUT2D eigenvalue weighted by atomic mass is 16.6. The molecule has 0 amide bonds. The van der Waals surface area contributed by atoms with Gasteiger partial charge >= 0.3 is 5.97 Å². The van der Waals surface area contributed by atoms with Crippen LogP contribution in [0.4, 0.5) is 0 Å². The third-order valence-electron chi connectivity index (χ3n) is 9.10. The summed E-state index contributed by atoms with van der Waals surface area (Å²) in [7, 11) is 0. The highest BCUT2D eigenvalue weighted by molar-refractivity contribution is 5.76. The zero-order valence-corrected chi connectivity index (χ0v) is 19.0. The molecule has 2 aliphatic carbocycles. The Hall–Kier alpha value is -1.65. The lowest BCUT2D eigenvalue weighted by Gasteiger charge is -2.52. The quantitative estimate of drug-likeness (QED) is 0.582. The number of carbonyl (C=O) groups excluding carboxylic acids is 1. The highest BCUT2D eigenvalue weighted by Crippen LogP contribution is 2.56. The SMILES string of the molecule is C[C@@H]1CCC=C2C[C@H]3OC(=O)[C@H](CN4CCC(Cc5ccccc5)CC4)[C@@H]3[C@H](O)[C@@]21C. The van der Waals surface area contributed by atoms with Crippen LogP contribution in [-0.4, -0.2) is 47.8 Å². The minimum Gasteiger partial charge on any atom is -0.461 e. The van der Waals surface area contributed by atoms with Gasteiger partial charge in [-0.3, -0.25) is 4.79 Å². The molecule has 5 rings (SSSR count). The summed E-state index contributed by atoms with van der Waals surface area (Å²) in [5.74, 6) is 0.803. The molecule has 31 heavy (non-hydrogen) atoms. The number of esters is 1. The Labute approximate surface area is 186 Å². The number of ether oxygens (including phenoxy) is 1. The van der Waals surface area contributed by atoms with Gasteiger partial charge in [0.15, 0.2) is 0 Å². The number of likely N-dealkylation sites (tertiary alicyclic amines) is 1. The van der Waals surface area contributed by atoms with Crippen molar-refractivity contribution in [1.29, 1.82) is 0 Å². The fourth-order valence-electron chi connectivity index (χ4n) is 6.87. The van der Waals surface area contributed by atoms with Crippen LogP contribution in [0.3, 0.4) is 0 Å². The molecule has 3 fully saturated rings. The molecular weight excluding hydrogens is 386 g/mol. The smallest absolute Gasteiger partial charge is 0.311 e. The zero-order chi connectivity index (χ0) is 21.6. The number of aliphatic hydroxyl groups is 1. The molecule has 168 valence electrons. The first-order chi connectivity index (χ1) is 15.0. The van der Waals surface area contributed by atoms with E-state index in [1.54, 1.807) is 0 Å². The second-order valence-electron chi connectivity index (χ2n) is 10.7. The van der Waals surface area contributed by atoms with Crippen molar-refractivity contribution in [3.63, 3.8) is 0 Å². The average Bonchev–Trinajstić information content (AvgIpc) is 3.07. The van der Waals surface area contributed by atoms with Crippen molar-refractivity contribution in [2.24, 2.45) is 29.1 Å². The minimum atomic E-state index is -0.500. The molecular formula is C27H37NO3. The standard InChI is InChI=1S/C27H37NO3/c1-18-7-6-10-21-16-23-24(25(29)27(18,21)2)22(26(30)31-23)17-28-13-11-20(12-14-28)15-19-8-4-3-5-9-19/h3-5,8-10,18,20,22-25,29H,6-7,11-17H2,1-2H3/t18-,22-,23-,24+,25+,27-/m1/s1. The zero-order valence-electron chi connectivity index (χ0n) is 19.0. The molecule has 4 heteroatoms. The first kappa shape index (κ1) is 21.2. The van der Waals surface area contributed by atoms with Gasteiger partial charge in [-0.1, -0.05) is 55.8 Å². The van der Waals surface area contributed by atoms with E-state index < -0.39 is 6.10 Å². The van der Waals surface area contributed by atoms with Crippen molar-refractivity contribution >= 4 is 5.97 Å². The van der Waals surface area contributed by atoms with Gasteiger partial charge in [0.1, 0.15) is 6.10 Å². The van der Waals surface area contributed by atoms with E-state index in [2.05, 4.69) is 55.2 Å². The van der Waals surface area contributed by atoms with Crippen LogP contribution in [0.5, 0.6) is 0 Å². The summed E-state index contributed by atoms with van der Waals surface area (Å²) in [5.41, 5.74) is 2.52. The van der Waals surface area contributed by atoms with Crippen molar-refractivity contribution in [3.05, 3.63) is 47.5 Å². The van der Waals surface area contributed by atoms with E-state index in [1.165, 1.54) is 24.0 Å². The van der Waals surface area contributed by atoms with Gasteiger partial charge in [-0.15, -0.1) is 0 Å². The van der Waals surface area contributed by atoms with Crippen molar-refractivity contribution < 1.29 is 14.6 Å². The normalized spacial score (nSPS) is 38.9. The number of benzene rings is 1. The minimum absolute atomic E-state index is 0.0720. The molecule has 2 aliphatic heterocycles. The van der Waals surface area contributed by atoms with Crippen molar-refractivity contribution in [1.82, 2.24) is 4.90 Å². The first-order valence-corrected chi connectivity index (χ1v) is 12.3. The van der Waals surface area contributed by atoms with Crippen LogP contribution < -0.4 is 0 Å². The topological polar surface area (TPSA) is 49.8 Å². The maximum absolute atomic E-state index is 12.9. The van der Waals surface area contributed by atoms with Crippen LogP contribution >= 0.6 is 0 Å². The molecule has 6 atom stereocenters. The van der Waals surface area contributed by atoms with E-state index >= 15 is 0 Å². The Morgan fingerprint density at radius 3 is 2.65 bits per heavy atom. The number of aliphatic hydroxyl groups excluding tert-OH is 1. The summed E-state index contributed by atoms with van der Waals surface area (Å²) in [6, 6.07) is 10.8. The summed E-state index contributed by atoms with van der Waals surface area (Å²) >= 11 is 0. The Morgan fingerprint density at radius 1 is 1.16 bits per heavy atom. The maximum atomic E-state index is 12.9. The lowest BCUT2D eigenvalue weighted by Crippen LogP contribution is -2.55. The van der Waals surface area contributed by atoms with Crippen LogP contribution in [0, 0.1) is 29.1 Å². The Kier molecular flexibility index (Phi) is 5.72. The highest BCUT2D eigenvalue weighted by Gasteiger charge is 2.59. The van der Waals surface area contributed by atoms with Crippen LogP contribution in [0.1, 0.15) is 51.5 Å². The number of rotatable bonds is 4. The number of fused-ring (bicyclic) bond motifs is 2. The summed E-state index contributed by atoms with van der Waals surface area (Å²) < 4.78 is 5.85. The monoisotopic (exact) mass is 423 g/mol. The summed E-state index contributed by atoms with van der Waals surface area (Å²) in [5, 5.41) is 11.5. The Morgan fingerprint density at radius 2 is 1.90 bits per heavy atom. The summed E-state index contributed by atoms with van der Waals surface area (Å²) in [6.07, 6.45) is 8.16. The van der Waals surface area contributed by atoms with Gasteiger partial charge in [0.2, 0.25) is 0 Å². The fourth-order valence-corrected chi connectivity index (χ4v) is 6.87. The molecule has 1 aromatic rings. The predicted molar refractivity (Wildman–Crippen MR) is 121 cm³/mol. The maximum Gasteiger partial charge on any atom is 0.311 e. The van der Waals surface area contributed by atoms with Gasteiger partial charge in [0.25, 0.3) is 0 Å². The Balaban J connectivity index is 1.24. The first-order valence-electron chi connectivity index (χ1n) is 12.3. The van der Waals surface area contributed by atoms with E-state index in [4.69, 9.17) is 4.74 Å². The van der Waals surface area contributed by atoms with E-state index in [1.807, 2.05) is 0 Å². The Bertz CT molecular complexity index is 828. The van der Waals surface area contributed by atoms with Gasteiger partial charge in [-0.05, 0) is 62.6 Å². The molecule has 4 aliphatic rings. The largest absolute Gasteiger partial charge is 0.461 e. The average molecular weight is 424 g/mol. The molecule has 4 nitrogen and oxygen atoms in total. The molecule has 0 spiro atoms. The van der Waals surface area contributed by atoms with Crippen molar-refractivity contribution in [3.8, 4) is 0 Å². The molecule has 0 aromatic heterocycles. The number of hydrogen-bond acceptors (Lipinski definition) is 4. The van der Waals surface area contributed by atoms with Gasteiger partial charge in [0.05, 0.1) is 12.0 Å². The molecule has 1 saturated carbocycles. The second kappa shape index (κ2) is 8.37. The predicted octanol–water partition coefficient (Wildman–Crippen LogP) is 4.23. The molecule has 0 radical (unpaired) electrons. The molecule has 0 bridgehead atoms. The van der Waals surface area contributed by atoms with Crippen LogP contribution in [0.2, 0.25) is 0 Å². The lowest BCUT2D eigenvalue weighted by atomic mass is 9.55. The van der Waals surface area contributed by atoms with Crippen LogP contribution in [0.15, 0.2) is 42.0 Å². The van der Waals surface area contributed by atoms with Gasteiger partial charge in [-0.25, -0.2) is 0 Å². The number of nitrogens with zero attached hydrogens (tertiary/aromatic N) is 1. The van der Waals surface area contributed by atoms with Gasteiger partial charge in [0, 0.05) is 24.3 Å². The molecule has 0 unspecified atom stereocenters. The number of piperidine rings is 1. The molecule has 2 saturated heterocycles. The van der Waals surface area contributed by atoms with E-state index in [-0.39, 0.29) is 29.3 Å². The summed E-state index contributed by atoms with van der Waals surface area (Å²) in [6.45, 7) is 7.29. The third-order valence-corrected chi connectivity index (χ3v) is 9.10. The van der Waals surface area contributed by atoms with E-state index in [0.29, 0.717) is 5.92 Å². The van der Waals surface area contributed by atoms with Crippen molar-refractivity contribution in [2.75, 3.05) is 19.6 Å². The third kappa shape index (κ3) is 3.76. The van der Waals surface area contributed by atoms with E-state index in [9.17, 15) is 9.90 Å². The molecule has 1 N–H and O–H groups in total. The van der Waals surface area contributed by atoms with Crippen molar-refractivity contribution in [2.45, 2.75) is 64.6 Å². The number of allylic oxidation sites excluding steroid dienone is 1. The number of carbonyl (C=O) groups is 1. The summed E-state index contributed by atoms with van der Waals surface area (Å²) in [4.78, 5) is 15.3. The second-order valence-corrected chi connectivity index (χ2v) is 10.7. The van der Waals surface area contributed by atoms with Gasteiger partial charge < -0.3 is 14.7 Å². The van der Waals surface area contributed by atoms with E-state index in [0.717, 1.165) is 51.2 Å². The van der Waals surface area contributed by atoms with Crippen LogP contribution in [0.25, 0.3) is 0 Å². The lowest BCUT2D eigenvalue weighted by molar-refractivity contribution is -0.145. The number of hydrogen-bond donors (Lipinski definition) is 1. The van der Waals surface area contributed by atoms with Crippen LogP contribution in [-0.2, 0) is 16.0 Å².